The fraction of sp³-hybridized carbons (Fsp3) is 0.706. The Kier molecular flexibility index (Phi) is 5.18. The zero-order valence-electron chi connectivity index (χ0n) is 14.1. The van der Waals surface area contributed by atoms with Gasteiger partial charge >= 0.3 is 0 Å². The lowest BCUT2D eigenvalue weighted by atomic mass is 9.75. The molecule has 132 valence electrons. The monoisotopic (exact) mass is 334 g/mol. The van der Waals surface area contributed by atoms with E-state index in [1.54, 1.807) is 10.9 Å². The second-order valence-electron chi connectivity index (χ2n) is 6.97. The summed E-state index contributed by atoms with van der Waals surface area (Å²) in [6.45, 7) is 1.48. The number of aliphatic hydroxyl groups excluding tert-OH is 1. The molecule has 1 saturated carbocycles. The third kappa shape index (κ3) is 3.95. The summed E-state index contributed by atoms with van der Waals surface area (Å²) < 4.78 is 1.72. The third-order valence-corrected chi connectivity index (χ3v) is 5.02. The lowest BCUT2D eigenvalue weighted by Crippen LogP contribution is -2.41. The summed E-state index contributed by atoms with van der Waals surface area (Å²) >= 11 is 0. The first kappa shape index (κ1) is 17.0. The van der Waals surface area contributed by atoms with Gasteiger partial charge in [-0.15, -0.1) is 0 Å². The van der Waals surface area contributed by atoms with Crippen LogP contribution in [0.1, 0.15) is 50.1 Å². The molecule has 2 N–H and O–H groups in total. The normalized spacial score (nSPS) is 24.8. The molecule has 2 aliphatic rings. The largest absolute Gasteiger partial charge is 0.393 e. The van der Waals surface area contributed by atoms with Crippen LogP contribution in [0.3, 0.4) is 0 Å². The Morgan fingerprint density at radius 2 is 2.29 bits per heavy atom. The van der Waals surface area contributed by atoms with Crippen LogP contribution in [0.5, 0.6) is 0 Å². The number of hydrogen-bond donors (Lipinski definition) is 2. The molecule has 0 spiro atoms. The number of carbonyl (C=O) groups is 2. The van der Waals surface area contributed by atoms with E-state index < -0.39 is 0 Å². The molecular weight excluding hydrogens is 308 g/mol. The maximum Gasteiger partial charge on any atom is 0.222 e. The highest BCUT2D eigenvalue weighted by molar-refractivity contribution is 5.78. The van der Waals surface area contributed by atoms with Gasteiger partial charge in [-0.05, 0) is 31.6 Å². The summed E-state index contributed by atoms with van der Waals surface area (Å²) in [4.78, 5) is 25.7. The minimum Gasteiger partial charge on any atom is -0.393 e. The molecule has 1 aromatic heterocycles. The highest BCUT2D eigenvalue weighted by atomic mass is 16.3. The molecule has 7 heteroatoms. The molecule has 24 heavy (non-hydrogen) atoms. The Hall–Kier alpha value is -1.89. The van der Waals surface area contributed by atoms with Crippen molar-refractivity contribution in [2.45, 2.75) is 50.7 Å². The number of aromatic nitrogens is 2. The second kappa shape index (κ2) is 7.34. The molecule has 0 radical (unpaired) electrons. The van der Waals surface area contributed by atoms with E-state index >= 15 is 0 Å². The van der Waals surface area contributed by atoms with Crippen LogP contribution in [0.4, 0.5) is 0 Å². The summed E-state index contributed by atoms with van der Waals surface area (Å²) in [5.41, 5.74) is 0.984. The van der Waals surface area contributed by atoms with Crippen molar-refractivity contribution < 1.29 is 14.7 Å². The maximum absolute atomic E-state index is 12.3. The standard InChI is InChI=1S/C17H26N4O3/c1-20-11-13(10-18-20)17(12-8-14(22)9-12)19-15(23)4-2-6-21-7-3-5-16(21)24/h10-12,14,17,22H,2-9H2,1H3,(H,19,23)/t12?,14?,17-/m1/s1. The fourth-order valence-corrected chi connectivity index (χ4v) is 3.59. The van der Waals surface area contributed by atoms with Gasteiger partial charge in [-0.1, -0.05) is 0 Å². The third-order valence-electron chi connectivity index (χ3n) is 5.02. The molecule has 0 bridgehead atoms. The molecule has 1 aromatic rings. The topological polar surface area (TPSA) is 87.5 Å². The van der Waals surface area contributed by atoms with Crippen molar-refractivity contribution in [3.05, 3.63) is 18.0 Å². The number of rotatable bonds is 7. The van der Waals surface area contributed by atoms with Gasteiger partial charge in [-0.3, -0.25) is 14.3 Å². The lowest BCUT2D eigenvalue weighted by Gasteiger charge is -2.37. The van der Waals surface area contributed by atoms with Gasteiger partial charge in [-0.2, -0.15) is 5.10 Å². The number of aryl methyl sites for hydroxylation is 1. The summed E-state index contributed by atoms with van der Waals surface area (Å²) in [6.07, 6.45) is 7.52. The van der Waals surface area contributed by atoms with Crippen molar-refractivity contribution in [2.75, 3.05) is 13.1 Å². The minimum atomic E-state index is -0.257. The maximum atomic E-state index is 12.3. The average Bonchev–Trinajstić information content (AvgIpc) is 3.11. The van der Waals surface area contributed by atoms with Gasteiger partial charge < -0.3 is 15.3 Å². The molecule has 1 atom stereocenters. The number of likely N-dealkylation sites (tertiary alicyclic amines) is 1. The van der Waals surface area contributed by atoms with Crippen molar-refractivity contribution in [1.82, 2.24) is 20.0 Å². The molecule has 0 aromatic carbocycles. The van der Waals surface area contributed by atoms with Crippen molar-refractivity contribution in [1.29, 1.82) is 0 Å². The van der Waals surface area contributed by atoms with Crippen molar-refractivity contribution >= 4 is 11.8 Å². The molecule has 0 unspecified atom stereocenters. The fourth-order valence-electron chi connectivity index (χ4n) is 3.59. The SMILES string of the molecule is Cn1cc([C@H](NC(=O)CCCN2CCCC2=O)C2CC(O)C2)cn1. The molecule has 1 aliphatic carbocycles. The van der Waals surface area contributed by atoms with Crippen LogP contribution < -0.4 is 5.32 Å². The lowest BCUT2D eigenvalue weighted by molar-refractivity contribution is -0.128. The quantitative estimate of drug-likeness (QED) is 0.770. The Morgan fingerprint density at radius 1 is 1.50 bits per heavy atom. The van der Waals surface area contributed by atoms with E-state index in [1.807, 2.05) is 18.1 Å². The van der Waals surface area contributed by atoms with E-state index in [9.17, 15) is 14.7 Å². The van der Waals surface area contributed by atoms with Crippen LogP contribution in [-0.4, -0.2) is 50.8 Å². The molecule has 1 saturated heterocycles. The van der Waals surface area contributed by atoms with Gasteiger partial charge in [0.15, 0.2) is 0 Å². The summed E-state index contributed by atoms with van der Waals surface area (Å²) in [6, 6.07) is -0.0944. The minimum absolute atomic E-state index is 0.00288. The Morgan fingerprint density at radius 3 is 2.88 bits per heavy atom. The molecule has 1 aliphatic heterocycles. The number of nitrogens with zero attached hydrogens (tertiary/aromatic N) is 3. The number of aliphatic hydroxyl groups is 1. The van der Waals surface area contributed by atoms with Crippen molar-refractivity contribution in [3.8, 4) is 0 Å². The van der Waals surface area contributed by atoms with Crippen LogP contribution in [0.2, 0.25) is 0 Å². The zero-order chi connectivity index (χ0) is 17.1. The summed E-state index contributed by atoms with van der Waals surface area (Å²) in [5, 5.41) is 16.9. The molecule has 2 heterocycles. The van der Waals surface area contributed by atoms with Crippen molar-refractivity contribution in [2.24, 2.45) is 13.0 Å². The van der Waals surface area contributed by atoms with E-state index in [0.717, 1.165) is 18.5 Å². The van der Waals surface area contributed by atoms with E-state index in [2.05, 4.69) is 10.4 Å². The van der Waals surface area contributed by atoms with Crippen LogP contribution in [-0.2, 0) is 16.6 Å². The number of carbonyl (C=O) groups excluding carboxylic acids is 2. The van der Waals surface area contributed by atoms with E-state index in [0.29, 0.717) is 38.6 Å². The molecular formula is C17H26N4O3. The van der Waals surface area contributed by atoms with E-state index in [1.165, 1.54) is 0 Å². The van der Waals surface area contributed by atoms with E-state index in [4.69, 9.17) is 0 Å². The number of amides is 2. The highest BCUT2D eigenvalue weighted by Gasteiger charge is 2.36. The Balaban J connectivity index is 1.50. The van der Waals surface area contributed by atoms with Crippen molar-refractivity contribution in [3.63, 3.8) is 0 Å². The van der Waals surface area contributed by atoms with E-state index in [-0.39, 0.29) is 29.9 Å². The molecule has 3 rings (SSSR count). The van der Waals surface area contributed by atoms with Crippen LogP contribution in [0.25, 0.3) is 0 Å². The first-order chi connectivity index (χ1) is 11.5. The first-order valence-corrected chi connectivity index (χ1v) is 8.76. The molecule has 7 nitrogen and oxygen atoms in total. The van der Waals surface area contributed by atoms with Crippen LogP contribution in [0, 0.1) is 5.92 Å². The van der Waals surface area contributed by atoms with Gasteiger partial charge in [0, 0.05) is 44.7 Å². The highest BCUT2D eigenvalue weighted by Crippen LogP contribution is 2.38. The van der Waals surface area contributed by atoms with Gasteiger partial charge in [0.25, 0.3) is 0 Å². The van der Waals surface area contributed by atoms with Crippen LogP contribution >= 0.6 is 0 Å². The molecule has 2 fully saturated rings. The predicted octanol–water partition coefficient (Wildman–Crippen LogP) is 0.751. The number of nitrogens with one attached hydrogen (secondary N) is 1. The van der Waals surface area contributed by atoms with Crippen LogP contribution in [0.15, 0.2) is 12.4 Å². The van der Waals surface area contributed by atoms with Gasteiger partial charge in [0.1, 0.15) is 0 Å². The predicted molar refractivity (Wildman–Crippen MR) is 87.9 cm³/mol. The first-order valence-electron chi connectivity index (χ1n) is 8.76. The summed E-state index contributed by atoms with van der Waals surface area (Å²) in [5.74, 6) is 0.456. The Bertz CT molecular complexity index is 594. The Labute approximate surface area is 142 Å². The number of hydrogen-bond acceptors (Lipinski definition) is 4. The van der Waals surface area contributed by atoms with Gasteiger partial charge in [-0.25, -0.2) is 0 Å². The second-order valence-corrected chi connectivity index (χ2v) is 6.97. The smallest absolute Gasteiger partial charge is 0.222 e. The van der Waals surface area contributed by atoms with Gasteiger partial charge in [0.05, 0.1) is 18.3 Å². The average molecular weight is 334 g/mol. The zero-order valence-corrected chi connectivity index (χ0v) is 14.1. The molecule has 2 amide bonds. The van der Waals surface area contributed by atoms with Gasteiger partial charge in [0.2, 0.25) is 11.8 Å². The summed E-state index contributed by atoms with van der Waals surface area (Å²) in [7, 11) is 1.85.